The van der Waals surface area contributed by atoms with Crippen molar-refractivity contribution in [2.45, 2.75) is 110 Å². The maximum absolute atomic E-state index is 7.06. The predicted molar refractivity (Wildman–Crippen MR) is 113 cm³/mol. The first-order chi connectivity index (χ1) is 11.5. The van der Waals surface area contributed by atoms with E-state index in [0.717, 1.165) is 10.9 Å². The Labute approximate surface area is 155 Å². The highest BCUT2D eigenvalue weighted by molar-refractivity contribution is 4.52. The molecule has 0 heterocycles. The molecule has 0 unspecified atom stereocenters. The number of hydrogen-bond acceptors (Lipinski definition) is 0. The molecule has 0 saturated carbocycles. The van der Waals surface area contributed by atoms with Gasteiger partial charge < -0.3 is 10.2 Å². The van der Waals surface area contributed by atoms with E-state index < -0.39 is 0 Å². The van der Waals surface area contributed by atoms with Crippen molar-refractivity contribution >= 4 is 0 Å². The van der Waals surface area contributed by atoms with Crippen LogP contribution in [-0.4, -0.2) is 38.7 Å². The van der Waals surface area contributed by atoms with Gasteiger partial charge in [0, 0.05) is 0 Å². The molecular formula is C22H50N2. The Bertz CT molecular complexity index is 195. The van der Waals surface area contributed by atoms with Crippen LogP contribution >= 0.6 is 0 Å². The van der Waals surface area contributed by atoms with E-state index in [9.17, 15) is 0 Å². The highest BCUT2D eigenvalue weighted by atomic mass is 15.3. The van der Waals surface area contributed by atoms with Crippen LogP contribution in [0.2, 0.25) is 0 Å². The molecule has 0 saturated heterocycles. The van der Waals surface area contributed by atoms with Gasteiger partial charge in [0.25, 0.3) is 0 Å². The average molecular weight is 343 g/mol. The second kappa shape index (κ2) is 21.0. The van der Waals surface area contributed by atoms with Crippen LogP contribution in [0, 0.1) is 0 Å². The lowest BCUT2D eigenvalue weighted by Crippen LogP contribution is -2.34. The van der Waals surface area contributed by atoms with Crippen LogP contribution in [0.25, 0.3) is 5.73 Å². The molecule has 0 aromatic rings. The summed E-state index contributed by atoms with van der Waals surface area (Å²) in [5.74, 6) is 0. The normalized spacial score (nSPS) is 11.2. The third-order valence-corrected chi connectivity index (χ3v) is 4.42. The van der Waals surface area contributed by atoms with Gasteiger partial charge in [0.15, 0.2) is 0 Å². The molecule has 0 radical (unpaired) electrons. The molecule has 0 amide bonds. The van der Waals surface area contributed by atoms with Crippen LogP contribution in [-0.2, 0) is 0 Å². The SMILES string of the molecule is CCCCCCCCCCCCCCCC[NH-].CCC[N+](C)(C)C. The fourth-order valence-corrected chi connectivity index (χ4v) is 2.99. The zero-order valence-corrected chi connectivity index (χ0v) is 18.0. The van der Waals surface area contributed by atoms with Gasteiger partial charge in [-0.25, -0.2) is 0 Å². The van der Waals surface area contributed by atoms with Gasteiger partial charge in [-0.2, -0.15) is 6.54 Å². The van der Waals surface area contributed by atoms with Crippen molar-refractivity contribution in [1.82, 2.24) is 0 Å². The Morgan fingerprint density at radius 2 is 0.833 bits per heavy atom. The lowest BCUT2D eigenvalue weighted by Gasteiger charge is -2.22. The minimum atomic E-state index is 0.623. The zero-order chi connectivity index (χ0) is 18.5. The second-order valence-electron chi connectivity index (χ2n) is 8.36. The van der Waals surface area contributed by atoms with E-state index in [-0.39, 0.29) is 0 Å². The molecule has 0 atom stereocenters. The molecule has 0 fully saturated rings. The molecule has 2 heteroatoms. The summed E-state index contributed by atoms with van der Waals surface area (Å²) < 4.78 is 1.09. The Morgan fingerprint density at radius 3 is 1.04 bits per heavy atom. The maximum Gasteiger partial charge on any atom is 0.0777 e. The topological polar surface area (TPSA) is 23.8 Å². The average Bonchev–Trinajstić information content (AvgIpc) is 2.51. The summed E-state index contributed by atoms with van der Waals surface area (Å²) in [7, 11) is 6.64. The third kappa shape index (κ3) is 29.9. The fourth-order valence-electron chi connectivity index (χ4n) is 2.99. The van der Waals surface area contributed by atoms with Crippen LogP contribution in [0.4, 0.5) is 0 Å². The molecule has 0 bridgehead atoms. The van der Waals surface area contributed by atoms with Crippen molar-refractivity contribution in [3.63, 3.8) is 0 Å². The molecule has 24 heavy (non-hydrogen) atoms. The van der Waals surface area contributed by atoms with Crippen LogP contribution in [0.3, 0.4) is 0 Å². The number of unbranched alkanes of at least 4 members (excludes halogenated alkanes) is 13. The minimum absolute atomic E-state index is 0.623. The van der Waals surface area contributed by atoms with E-state index in [1.165, 1.54) is 96.4 Å². The van der Waals surface area contributed by atoms with E-state index in [1.807, 2.05) is 0 Å². The Hall–Kier alpha value is -0.0800. The summed E-state index contributed by atoms with van der Waals surface area (Å²) in [6.45, 7) is 6.39. The Balaban J connectivity index is 0. The molecule has 0 rings (SSSR count). The number of quaternary nitrogens is 1. The molecule has 0 aliphatic heterocycles. The van der Waals surface area contributed by atoms with Crippen molar-refractivity contribution < 1.29 is 4.48 Å². The standard InChI is InChI=1S/C16H34N.C6H16N/c1-2-3-4-5-6-7-8-9-10-11-12-13-14-15-16-17;1-5-6-7(2,3)4/h17H,2-16H2,1H3;5-6H2,1-4H3/q-1;+1. The van der Waals surface area contributed by atoms with E-state index in [4.69, 9.17) is 5.73 Å². The molecule has 0 aliphatic carbocycles. The first-order valence-corrected chi connectivity index (χ1v) is 10.9. The summed E-state index contributed by atoms with van der Waals surface area (Å²) in [6.07, 6.45) is 20.8. The highest BCUT2D eigenvalue weighted by Crippen LogP contribution is 2.12. The monoisotopic (exact) mass is 342 g/mol. The number of rotatable bonds is 16. The molecule has 0 spiro atoms. The molecule has 148 valence electrons. The molecule has 1 N–H and O–H groups in total. The van der Waals surface area contributed by atoms with Gasteiger partial charge in [-0.1, -0.05) is 104 Å². The fraction of sp³-hybridized carbons (Fsp3) is 1.00. The molecule has 0 aromatic heterocycles. The summed E-state index contributed by atoms with van der Waals surface area (Å²) in [6, 6.07) is 0. The van der Waals surface area contributed by atoms with Crippen LogP contribution in [0.15, 0.2) is 0 Å². The number of hydrogen-bond donors (Lipinski definition) is 0. The van der Waals surface area contributed by atoms with Gasteiger partial charge in [-0.15, -0.1) is 0 Å². The smallest absolute Gasteiger partial charge is 0.0777 e. The second-order valence-corrected chi connectivity index (χ2v) is 8.36. The van der Waals surface area contributed by atoms with Crippen molar-refractivity contribution in [3.05, 3.63) is 5.73 Å². The van der Waals surface area contributed by atoms with E-state index in [1.54, 1.807) is 0 Å². The van der Waals surface area contributed by atoms with Gasteiger partial charge in [0.2, 0.25) is 0 Å². The molecular weight excluding hydrogens is 292 g/mol. The number of nitrogens with zero attached hydrogens (tertiary/aromatic N) is 1. The van der Waals surface area contributed by atoms with Gasteiger partial charge in [-0.3, -0.25) is 0 Å². The van der Waals surface area contributed by atoms with Crippen molar-refractivity contribution in [1.29, 1.82) is 0 Å². The Kier molecular flexibility index (Phi) is 22.8. The quantitative estimate of drug-likeness (QED) is 0.203. The number of nitrogens with one attached hydrogen (secondary N) is 1. The van der Waals surface area contributed by atoms with Crippen molar-refractivity contribution in [2.24, 2.45) is 0 Å². The minimum Gasteiger partial charge on any atom is -0.677 e. The summed E-state index contributed by atoms with van der Waals surface area (Å²) in [5, 5.41) is 0. The van der Waals surface area contributed by atoms with Crippen molar-refractivity contribution in [2.75, 3.05) is 34.2 Å². The van der Waals surface area contributed by atoms with Gasteiger partial charge in [-0.05, 0) is 6.42 Å². The van der Waals surface area contributed by atoms with E-state index in [2.05, 4.69) is 35.0 Å². The van der Waals surface area contributed by atoms with Crippen LogP contribution < -0.4 is 0 Å². The largest absolute Gasteiger partial charge is 0.677 e. The van der Waals surface area contributed by atoms with Gasteiger partial charge in [0.1, 0.15) is 0 Å². The van der Waals surface area contributed by atoms with Crippen LogP contribution in [0.5, 0.6) is 0 Å². The lowest BCUT2D eigenvalue weighted by atomic mass is 10.0. The highest BCUT2D eigenvalue weighted by Gasteiger charge is 2.01. The first kappa shape index (κ1) is 26.2. The maximum atomic E-state index is 7.06. The van der Waals surface area contributed by atoms with Crippen molar-refractivity contribution in [3.8, 4) is 0 Å². The summed E-state index contributed by atoms with van der Waals surface area (Å²) >= 11 is 0. The Morgan fingerprint density at radius 1 is 0.500 bits per heavy atom. The van der Waals surface area contributed by atoms with E-state index in [0.29, 0.717) is 6.54 Å². The molecule has 0 aromatic carbocycles. The zero-order valence-electron chi connectivity index (χ0n) is 18.0. The summed E-state index contributed by atoms with van der Waals surface area (Å²) in [5.41, 5.74) is 7.06. The van der Waals surface area contributed by atoms with Gasteiger partial charge >= 0.3 is 0 Å². The predicted octanol–water partition coefficient (Wildman–Crippen LogP) is 7.62. The summed E-state index contributed by atoms with van der Waals surface area (Å²) in [4.78, 5) is 0. The van der Waals surface area contributed by atoms with Gasteiger partial charge in [0.05, 0.1) is 27.7 Å². The molecule has 0 aliphatic rings. The third-order valence-electron chi connectivity index (χ3n) is 4.42. The van der Waals surface area contributed by atoms with E-state index >= 15 is 0 Å². The lowest BCUT2D eigenvalue weighted by molar-refractivity contribution is -0.870. The first-order valence-electron chi connectivity index (χ1n) is 10.9. The van der Waals surface area contributed by atoms with Crippen LogP contribution in [0.1, 0.15) is 110 Å². The molecule has 2 nitrogen and oxygen atoms in total.